The van der Waals surface area contributed by atoms with Crippen LogP contribution < -0.4 is 5.32 Å². The molecular weight excluding hydrogens is 460 g/mol. The second-order valence-electron chi connectivity index (χ2n) is 7.57. The van der Waals surface area contributed by atoms with Gasteiger partial charge in [0.2, 0.25) is 0 Å². The Hall–Kier alpha value is -3.49. The number of benzene rings is 3. The van der Waals surface area contributed by atoms with Gasteiger partial charge < -0.3 is 10.1 Å². The molecule has 0 bridgehead atoms. The zero-order chi connectivity index (χ0) is 25.0. The predicted molar refractivity (Wildman–Crippen MR) is 114 cm³/mol. The minimum absolute atomic E-state index is 0.0430. The van der Waals surface area contributed by atoms with Gasteiger partial charge in [-0.2, -0.15) is 26.3 Å². The number of hydrogen-bond donors (Lipinski definition) is 1. The summed E-state index contributed by atoms with van der Waals surface area (Å²) >= 11 is 0. The van der Waals surface area contributed by atoms with Crippen molar-refractivity contribution in [2.45, 2.75) is 31.2 Å². The lowest BCUT2D eigenvalue weighted by Crippen LogP contribution is -2.49. The number of carbonyl (C=O) groups excluding carboxylic acids is 1. The van der Waals surface area contributed by atoms with Crippen LogP contribution >= 0.6 is 0 Å². The third kappa shape index (κ3) is 5.70. The van der Waals surface area contributed by atoms with Crippen molar-refractivity contribution >= 4 is 6.09 Å². The van der Waals surface area contributed by atoms with Gasteiger partial charge in [0, 0.05) is 6.42 Å². The van der Waals surface area contributed by atoms with Crippen LogP contribution in [-0.4, -0.2) is 12.7 Å². The van der Waals surface area contributed by atoms with E-state index < -0.39 is 35.1 Å². The summed E-state index contributed by atoms with van der Waals surface area (Å²) in [5, 5.41) is 2.57. The van der Waals surface area contributed by atoms with Gasteiger partial charge in [-0.3, -0.25) is 0 Å². The molecule has 180 valence electrons. The van der Waals surface area contributed by atoms with Crippen molar-refractivity contribution in [3.8, 4) is 0 Å². The smallest absolute Gasteiger partial charge is 0.416 e. The summed E-state index contributed by atoms with van der Waals surface area (Å²) < 4.78 is 86.1. The molecule has 34 heavy (non-hydrogen) atoms. The Morgan fingerprint density at radius 1 is 0.735 bits per heavy atom. The number of ether oxygens (including phenoxy) is 1. The van der Waals surface area contributed by atoms with Crippen molar-refractivity contribution in [3.63, 3.8) is 0 Å². The molecule has 9 heteroatoms. The summed E-state index contributed by atoms with van der Waals surface area (Å²) in [6.07, 6.45) is -10.5. The lowest BCUT2D eigenvalue weighted by Gasteiger charge is -2.36. The highest BCUT2D eigenvalue weighted by Gasteiger charge is 2.41. The molecule has 0 heterocycles. The van der Waals surface area contributed by atoms with Crippen LogP contribution in [0.3, 0.4) is 0 Å². The van der Waals surface area contributed by atoms with E-state index in [1.54, 1.807) is 30.3 Å². The molecule has 0 aromatic heterocycles. The fourth-order valence-electron chi connectivity index (χ4n) is 3.72. The molecule has 0 saturated carbocycles. The van der Waals surface area contributed by atoms with Gasteiger partial charge in [-0.1, -0.05) is 54.6 Å². The van der Waals surface area contributed by atoms with Gasteiger partial charge in [0.1, 0.15) is 0 Å². The van der Waals surface area contributed by atoms with E-state index in [1.807, 2.05) is 0 Å². The largest absolute Gasteiger partial charge is 0.450 e. The summed E-state index contributed by atoms with van der Waals surface area (Å²) in [5.41, 5.74) is -3.30. The van der Waals surface area contributed by atoms with Gasteiger partial charge in [-0.05, 0) is 47.9 Å². The van der Waals surface area contributed by atoms with E-state index >= 15 is 0 Å². The number of rotatable bonds is 6. The second-order valence-corrected chi connectivity index (χ2v) is 7.57. The van der Waals surface area contributed by atoms with Crippen LogP contribution in [0.2, 0.25) is 0 Å². The van der Waals surface area contributed by atoms with Crippen LogP contribution in [0.5, 0.6) is 0 Å². The van der Waals surface area contributed by atoms with Gasteiger partial charge >= 0.3 is 18.4 Å². The molecule has 1 N–H and O–H groups in total. The topological polar surface area (TPSA) is 38.3 Å². The minimum Gasteiger partial charge on any atom is -0.450 e. The molecule has 0 atom stereocenters. The summed E-state index contributed by atoms with van der Waals surface area (Å²) in [7, 11) is 0. The average Bonchev–Trinajstić information content (AvgIpc) is 2.78. The van der Waals surface area contributed by atoms with Crippen molar-refractivity contribution < 1.29 is 35.9 Å². The van der Waals surface area contributed by atoms with E-state index in [0.29, 0.717) is 5.56 Å². The quantitative estimate of drug-likeness (QED) is 0.387. The van der Waals surface area contributed by atoms with Crippen molar-refractivity contribution in [3.05, 3.63) is 107 Å². The van der Waals surface area contributed by atoms with E-state index in [4.69, 9.17) is 4.74 Å². The maximum absolute atomic E-state index is 13.5. The van der Waals surface area contributed by atoms with Crippen molar-refractivity contribution in [2.24, 2.45) is 0 Å². The van der Waals surface area contributed by atoms with Crippen LogP contribution in [-0.2, 0) is 29.0 Å². The zero-order valence-corrected chi connectivity index (χ0v) is 18.0. The fraction of sp³-hybridized carbons (Fsp3) is 0.240. The second kappa shape index (κ2) is 9.79. The first-order valence-electron chi connectivity index (χ1n) is 10.3. The zero-order valence-electron chi connectivity index (χ0n) is 18.0. The molecule has 1 amide bonds. The van der Waals surface area contributed by atoms with E-state index in [-0.39, 0.29) is 24.2 Å². The normalized spacial score (nSPS) is 12.3. The Bertz CT molecular complexity index is 1070. The molecule has 0 radical (unpaired) electrons. The van der Waals surface area contributed by atoms with E-state index in [2.05, 4.69) is 5.32 Å². The van der Waals surface area contributed by atoms with Crippen LogP contribution in [0.15, 0.2) is 78.9 Å². The molecule has 0 saturated heterocycles. The van der Waals surface area contributed by atoms with Crippen molar-refractivity contribution in [1.29, 1.82) is 0 Å². The Morgan fingerprint density at radius 3 is 1.65 bits per heavy atom. The van der Waals surface area contributed by atoms with E-state index in [9.17, 15) is 31.1 Å². The first kappa shape index (κ1) is 25.1. The van der Waals surface area contributed by atoms with Crippen LogP contribution in [0, 0.1) is 0 Å². The maximum Gasteiger partial charge on any atom is 0.416 e. The summed E-state index contributed by atoms with van der Waals surface area (Å²) in [5.74, 6) is 0. The minimum atomic E-state index is -4.70. The highest BCUT2D eigenvalue weighted by molar-refractivity contribution is 5.70. The van der Waals surface area contributed by atoms with E-state index in [1.165, 1.54) is 19.1 Å². The van der Waals surface area contributed by atoms with E-state index in [0.717, 1.165) is 36.4 Å². The van der Waals surface area contributed by atoms with Crippen LogP contribution in [0.4, 0.5) is 31.1 Å². The Kier molecular flexibility index (Phi) is 7.24. The predicted octanol–water partition coefficient (Wildman–Crippen LogP) is 6.96. The Morgan fingerprint density at radius 2 is 1.21 bits per heavy atom. The average molecular weight is 481 g/mol. The number of alkyl halides is 6. The van der Waals surface area contributed by atoms with Gasteiger partial charge in [-0.25, -0.2) is 4.79 Å². The number of hydrogen-bond acceptors (Lipinski definition) is 2. The summed E-state index contributed by atoms with van der Waals surface area (Å²) in [6.45, 7) is 1.49. The third-order valence-electron chi connectivity index (χ3n) is 5.27. The fourth-order valence-corrected chi connectivity index (χ4v) is 3.72. The number of amides is 1. The molecule has 0 aliphatic rings. The Labute approximate surface area is 192 Å². The monoisotopic (exact) mass is 481 g/mol. The molecule has 3 aromatic carbocycles. The number of nitrogens with one attached hydrogen (secondary N) is 1. The van der Waals surface area contributed by atoms with Gasteiger partial charge in [0.05, 0.1) is 23.3 Å². The highest BCUT2D eigenvalue weighted by Crippen LogP contribution is 2.39. The van der Waals surface area contributed by atoms with Gasteiger partial charge in [0.25, 0.3) is 0 Å². The molecule has 0 spiro atoms. The summed E-state index contributed by atoms with van der Waals surface area (Å²) in [4.78, 5) is 12.6. The number of halogens is 6. The third-order valence-corrected chi connectivity index (χ3v) is 5.27. The van der Waals surface area contributed by atoms with Crippen LogP contribution in [0.25, 0.3) is 0 Å². The molecule has 0 fully saturated rings. The van der Waals surface area contributed by atoms with Gasteiger partial charge in [-0.15, -0.1) is 0 Å². The molecule has 3 nitrogen and oxygen atoms in total. The molecule has 0 unspecified atom stereocenters. The highest BCUT2D eigenvalue weighted by atomic mass is 19.4. The van der Waals surface area contributed by atoms with Gasteiger partial charge in [0.15, 0.2) is 0 Å². The summed E-state index contributed by atoms with van der Waals surface area (Å²) in [6, 6.07) is 16.8. The molecule has 0 aliphatic heterocycles. The first-order valence-corrected chi connectivity index (χ1v) is 10.3. The Balaban J connectivity index is 2.32. The first-order chi connectivity index (χ1) is 16.0. The SMILES string of the molecule is CCOC(=O)NC(Cc1ccccc1)(c1cccc(C(F)(F)F)c1)c1cccc(C(F)(F)F)c1. The molecule has 3 rings (SSSR count). The number of carbonyl (C=O) groups is 1. The number of alkyl carbamates (subject to hydrolysis) is 1. The maximum atomic E-state index is 13.5. The lowest BCUT2D eigenvalue weighted by molar-refractivity contribution is -0.138. The van der Waals surface area contributed by atoms with Crippen molar-refractivity contribution in [2.75, 3.05) is 6.61 Å². The molecule has 0 aliphatic carbocycles. The van der Waals surface area contributed by atoms with Crippen LogP contribution in [0.1, 0.15) is 34.7 Å². The molecular formula is C25H21F6NO2. The lowest BCUT2D eigenvalue weighted by atomic mass is 9.77. The van der Waals surface area contributed by atoms with Crippen molar-refractivity contribution in [1.82, 2.24) is 5.32 Å². The standard InChI is InChI=1S/C25H21F6NO2/c1-2-34-22(33)32-23(16-17-8-4-3-5-9-17,18-10-6-12-20(14-18)24(26,27)28)19-11-7-13-21(15-19)25(29,30)31/h3-15H,2,16H2,1H3,(H,32,33). The molecule has 3 aromatic rings.